The molecule has 2 N–H and O–H groups in total. The Kier molecular flexibility index (Phi) is 6.65. The lowest BCUT2D eigenvalue weighted by Gasteiger charge is -2.34. The number of piperazine rings is 1. The number of hydrogen-bond acceptors (Lipinski definition) is 7. The van der Waals surface area contributed by atoms with E-state index in [0.717, 1.165) is 6.42 Å². The normalized spacial score (nSPS) is 15.7. The fourth-order valence-corrected chi connectivity index (χ4v) is 3.47. The molecule has 0 atom stereocenters. The lowest BCUT2D eigenvalue weighted by Crippen LogP contribution is -2.49. The maximum Gasteiger partial charge on any atom is 0.319 e. The standard InChI is InChI=1S/C21H26N6O4/c28-19(26-9-11-27(12-10-26)20-22-6-1-7-23-20)5-8-24-21(29)25-16-3-4-17-18(15-16)31-14-2-13-30-17/h1,3-4,6-7,15H,2,5,8-14H2,(H2,24,25,29). The molecule has 1 aromatic carbocycles. The maximum absolute atomic E-state index is 12.4. The van der Waals surface area contributed by atoms with E-state index in [1.54, 1.807) is 36.7 Å². The van der Waals surface area contributed by atoms with Crippen molar-refractivity contribution in [3.8, 4) is 11.5 Å². The summed E-state index contributed by atoms with van der Waals surface area (Å²) in [5, 5.41) is 5.49. The maximum atomic E-state index is 12.4. The van der Waals surface area contributed by atoms with Gasteiger partial charge in [-0.1, -0.05) is 0 Å². The monoisotopic (exact) mass is 426 g/mol. The van der Waals surface area contributed by atoms with E-state index in [-0.39, 0.29) is 24.9 Å². The third-order valence-corrected chi connectivity index (χ3v) is 5.10. The second-order valence-electron chi connectivity index (χ2n) is 7.26. The highest BCUT2D eigenvalue weighted by atomic mass is 16.5. The molecule has 1 saturated heterocycles. The number of rotatable bonds is 5. The molecule has 0 bridgehead atoms. The Bertz CT molecular complexity index is 902. The van der Waals surface area contributed by atoms with Crippen LogP contribution in [0.4, 0.5) is 16.4 Å². The fourth-order valence-electron chi connectivity index (χ4n) is 3.47. The number of carbonyl (C=O) groups excluding carboxylic acids is 2. The summed E-state index contributed by atoms with van der Waals surface area (Å²) >= 11 is 0. The highest BCUT2D eigenvalue weighted by Gasteiger charge is 2.22. The zero-order valence-corrected chi connectivity index (χ0v) is 17.2. The Balaban J connectivity index is 1.18. The van der Waals surface area contributed by atoms with Crippen molar-refractivity contribution in [3.63, 3.8) is 0 Å². The molecular weight excluding hydrogens is 400 g/mol. The molecule has 10 heteroatoms. The van der Waals surface area contributed by atoms with Crippen LogP contribution in [0.15, 0.2) is 36.7 Å². The molecule has 3 amide bonds. The average Bonchev–Trinajstić information content (AvgIpc) is 3.05. The minimum atomic E-state index is -0.367. The van der Waals surface area contributed by atoms with Gasteiger partial charge < -0.3 is 29.9 Å². The van der Waals surface area contributed by atoms with Gasteiger partial charge in [0.25, 0.3) is 0 Å². The van der Waals surface area contributed by atoms with Crippen molar-refractivity contribution in [1.82, 2.24) is 20.2 Å². The van der Waals surface area contributed by atoms with Crippen molar-refractivity contribution >= 4 is 23.6 Å². The lowest BCUT2D eigenvalue weighted by molar-refractivity contribution is -0.131. The van der Waals surface area contributed by atoms with E-state index < -0.39 is 0 Å². The molecule has 10 nitrogen and oxygen atoms in total. The molecule has 1 aromatic heterocycles. The Labute approximate surface area is 180 Å². The molecule has 164 valence electrons. The van der Waals surface area contributed by atoms with Gasteiger partial charge in [-0.05, 0) is 18.2 Å². The van der Waals surface area contributed by atoms with E-state index in [2.05, 4.69) is 25.5 Å². The molecule has 4 rings (SSSR count). The van der Waals surface area contributed by atoms with E-state index in [0.29, 0.717) is 62.5 Å². The minimum absolute atomic E-state index is 0.0181. The number of amides is 3. The second kappa shape index (κ2) is 9.96. The van der Waals surface area contributed by atoms with Crippen LogP contribution in [0, 0.1) is 0 Å². The number of ether oxygens (including phenoxy) is 2. The Morgan fingerprint density at radius 1 is 1.00 bits per heavy atom. The van der Waals surface area contributed by atoms with Crippen LogP contribution in [0.2, 0.25) is 0 Å². The van der Waals surface area contributed by atoms with Gasteiger partial charge in [0.05, 0.1) is 13.2 Å². The van der Waals surface area contributed by atoms with Gasteiger partial charge in [0.2, 0.25) is 11.9 Å². The number of anilines is 2. The third-order valence-electron chi connectivity index (χ3n) is 5.10. The van der Waals surface area contributed by atoms with Crippen LogP contribution in [0.5, 0.6) is 11.5 Å². The first kappa shape index (κ1) is 20.7. The Morgan fingerprint density at radius 3 is 2.52 bits per heavy atom. The van der Waals surface area contributed by atoms with Gasteiger partial charge in [-0.25, -0.2) is 14.8 Å². The van der Waals surface area contributed by atoms with E-state index in [4.69, 9.17) is 9.47 Å². The summed E-state index contributed by atoms with van der Waals surface area (Å²) in [5.74, 6) is 1.99. The van der Waals surface area contributed by atoms with Crippen LogP contribution in [0.25, 0.3) is 0 Å². The SMILES string of the molecule is O=C(NCCC(=O)N1CCN(c2ncccn2)CC1)Nc1ccc2c(c1)OCCCO2. The molecule has 3 heterocycles. The predicted octanol–water partition coefficient (Wildman–Crippen LogP) is 1.50. The first-order valence-electron chi connectivity index (χ1n) is 10.4. The molecule has 0 aliphatic carbocycles. The highest BCUT2D eigenvalue weighted by molar-refractivity contribution is 5.90. The molecule has 0 saturated carbocycles. The van der Waals surface area contributed by atoms with Crippen molar-refractivity contribution in [3.05, 3.63) is 36.7 Å². The summed E-state index contributed by atoms with van der Waals surface area (Å²) in [5.41, 5.74) is 0.604. The number of carbonyl (C=O) groups is 2. The van der Waals surface area contributed by atoms with Crippen LogP contribution >= 0.6 is 0 Å². The number of nitrogens with one attached hydrogen (secondary N) is 2. The summed E-state index contributed by atoms with van der Waals surface area (Å²) in [6.07, 6.45) is 4.49. The Morgan fingerprint density at radius 2 is 1.74 bits per heavy atom. The molecule has 0 unspecified atom stereocenters. The number of aromatic nitrogens is 2. The highest BCUT2D eigenvalue weighted by Crippen LogP contribution is 2.32. The molecule has 0 radical (unpaired) electrons. The smallest absolute Gasteiger partial charge is 0.319 e. The van der Waals surface area contributed by atoms with Crippen LogP contribution in [-0.2, 0) is 4.79 Å². The first-order chi connectivity index (χ1) is 15.2. The Hall–Kier alpha value is -3.56. The predicted molar refractivity (Wildman–Crippen MR) is 115 cm³/mol. The van der Waals surface area contributed by atoms with Crippen LogP contribution in [-0.4, -0.2) is 72.7 Å². The number of hydrogen-bond donors (Lipinski definition) is 2. The quantitative estimate of drug-likeness (QED) is 0.746. The zero-order valence-electron chi connectivity index (χ0n) is 17.2. The van der Waals surface area contributed by atoms with E-state index in [1.807, 2.05) is 4.90 Å². The van der Waals surface area contributed by atoms with Gasteiger partial charge in [-0.15, -0.1) is 0 Å². The topological polar surface area (TPSA) is 109 Å². The molecule has 2 aliphatic heterocycles. The van der Waals surface area contributed by atoms with Gasteiger partial charge >= 0.3 is 6.03 Å². The van der Waals surface area contributed by atoms with Gasteiger partial charge in [0, 0.05) is 69.7 Å². The van der Waals surface area contributed by atoms with Gasteiger partial charge in [0.15, 0.2) is 11.5 Å². The van der Waals surface area contributed by atoms with Gasteiger partial charge in [-0.2, -0.15) is 0 Å². The fraction of sp³-hybridized carbons (Fsp3) is 0.429. The van der Waals surface area contributed by atoms with Crippen molar-refractivity contribution in [2.24, 2.45) is 0 Å². The number of nitrogens with zero attached hydrogens (tertiary/aromatic N) is 4. The summed E-state index contributed by atoms with van der Waals surface area (Å²) in [4.78, 5) is 37.0. The number of fused-ring (bicyclic) bond motifs is 1. The molecular formula is C21H26N6O4. The molecule has 0 spiro atoms. The van der Waals surface area contributed by atoms with Crippen molar-refractivity contribution in [2.45, 2.75) is 12.8 Å². The molecule has 31 heavy (non-hydrogen) atoms. The number of benzene rings is 1. The van der Waals surface area contributed by atoms with Crippen molar-refractivity contribution < 1.29 is 19.1 Å². The minimum Gasteiger partial charge on any atom is -0.490 e. The molecule has 1 fully saturated rings. The summed E-state index contributed by atoms with van der Waals surface area (Å²) < 4.78 is 11.2. The second-order valence-corrected chi connectivity index (χ2v) is 7.26. The largest absolute Gasteiger partial charge is 0.490 e. The average molecular weight is 426 g/mol. The summed E-state index contributed by atoms with van der Waals surface area (Å²) in [6, 6.07) is 6.69. The van der Waals surface area contributed by atoms with E-state index >= 15 is 0 Å². The van der Waals surface area contributed by atoms with Crippen LogP contribution in [0.3, 0.4) is 0 Å². The third kappa shape index (κ3) is 5.53. The van der Waals surface area contributed by atoms with Crippen molar-refractivity contribution in [2.75, 3.05) is 56.2 Å². The first-order valence-corrected chi connectivity index (χ1v) is 10.4. The van der Waals surface area contributed by atoms with E-state index in [1.165, 1.54) is 0 Å². The van der Waals surface area contributed by atoms with Crippen molar-refractivity contribution in [1.29, 1.82) is 0 Å². The van der Waals surface area contributed by atoms with Gasteiger partial charge in [0.1, 0.15) is 0 Å². The number of urea groups is 1. The van der Waals surface area contributed by atoms with Crippen LogP contribution < -0.4 is 25.0 Å². The summed E-state index contributed by atoms with van der Waals surface area (Å²) in [6.45, 7) is 4.06. The lowest BCUT2D eigenvalue weighted by atomic mass is 10.2. The zero-order chi connectivity index (χ0) is 21.5. The van der Waals surface area contributed by atoms with Gasteiger partial charge in [-0.3, -0.25) is 4.79 Å². The molecule has 2 aliphatic rings. The van der Waals surface area contributed by atoms with Crippen LogP contribution in [0.1, 0.15) is 12.8 Å². The summed E-state index contributed by atoms with van der Waals surface area (Å²) in [7, 11) is 0. The molecule has 2 aromatic rings. The van der Waals surface area contributed by atoms with E-state index in [9.17, 15) is 9.59 Å².